The smallest absolute Gasteiger partial charge is 0.410 e. The normalized spacial score (nSPS) is 19.1. The summed E-state index contributed by atoms with van der Waals surface area (Å²) < 4.78 is 55.3. The number of nitrogens with zero attached hydrogens (tertiary/aromatic N) is 3. The molecule has 1 aromatic heterocycles. The van der Waals surface area contributed by atoms with Crippen molar-refractivity contribution >= 4 is 22.1 Å². The van der Waals surface area contributed by atoms with Gasteiger partial charge in [0.15, 0.2) is 5.69 Å². The van der Waals surface area contributed by atoms with Gasteiger partial charge in [0, 0.05) is 20.7 Å². The third kappa shape index (κ3) is 7.82. The van der Waals surface area contributed by atoms with Crippen LogP contribution in [0.5, 0.6) is 5.75 Å². The van der Waals surface area contributed by atoms with Gasteiger partial charge in [0.2, 0.25) is 5.75 Å². The number of carbonyl (C=O) groups excluding carboxylic acids is 2. The summed E-state index contributed by atoms with van der Waals surface area (Å²) in [6.45, 7) is 8.35. The molecule has 2 amide bonds. The second kappa shape index (κ2) is 11.8. The maximum atomic E-state index is 13.8. The van der Waals surface area contributed by atoms with Gasteiger partial charge in [-0.05, 0) is 64.7 Å². The Labute approximate surface area is 238 Å². The summed E-state index contributed by atoms with van der Waals surface area (Å²) >= 11 is 0. The highest BCUT2D eigenvalue weighted by atomic mass is 32.2. The first-order chi connectivity index (χ1) is 18.8. The molecule has 1 aliphatic heterocycles. The number of aromatic nitrogens is 2. The zero-order chi connectivity index (χ0) is 30.9. The van der Waals surface area contributed by atoms with Crippen LogP contribution in [-0.2, 0) is 32.7 Å². The van der Waals surface area contributed by atoms with E-state index in [1.807, 2.05) is 0 Å². The number of ether oxygens (including phenoxy) is 2. The van der Waals surface area contributed by atoms with Crippen LogP contribution in [-0.4, -0.2) is 66.5 Å². The lowest BCUT2D eigenvalue weighted by molar-refractivity contribution is -0.0173. The average molecular weight is 597 g/mol. The SMILES string of the molecule is COC1(C)CCC(N(C)C(=O)OC(C)(C)C)c2nc(C(=O)NCc3ccc(F)c(C)c3)c(OS(C)(=O)=O)c(=O)n2C1. The fourth-order valence-corrected chi connectivity index (χ4v) is 4.86. The van der Waals surface area contributed by atoms with Gasteiger partial charge in [-0.1, -0.05) is 12.1 Å². The molecule has 0 saturated heterocycles. The number of hydrogen-bond acceptors (Lipinski definition) is 9. The van der Waals surface area contributed by atoms with Crippen LogP contribution in [0.3, 0.4) is 0 Å². The first kappa shape index (κ1) is 32.0. The fraction of sp³-hybridized carbons (Fsp3) is 0.556. The molecule has 1 aromatic carbocycles. The fourth-order valence-electron chi connectivity index (χ4n) is 4.40. The molecule has 0 spiro atoms. The minimum absolute atomic E-state index is 0.0350. The lowest BCUT2D eigenvalue weighted by atomic mass is 9.98. The second-order valence-corrected chi connectivity index (χ2v) is 13.0. The lowest BCUT2D eigenvalue weighted by Gasteiger charge is -2.30. The molecule has 1 N–H and O–H groups in total. The molecular formula is C27H37FN4O8S. The minimum Gasteiger partial charge on any atom is -0.444 e. The molecule has 12 nitrogen and oxygen atoms in total. The standard InChI is InChI=1S/C27H37FN4O8S/c1-16-13-17(9-10-18(16)28)14-29-23(33)20-21(40-41(8,36)37)24(34)32-15-27(5,38-7)12-11-19(22(32)30-20)31(6)25(35)39-26(2,3)4/h9-10,13,19H,11-12,14-15H2,1-8H3,(H,29,33). The molecule has 3 rings (SSSR count). The number of fused-ring (bicyclic) bond motifs is 1. The van der Waals surface area contributed by atoms with Crippen LogP contribution in [0.4, 0.5) is 9.18 Å². The number of carbonyl (C=O) groups is 2. The molecule has 2 aromatic rings. The highest BCUT2D eigenvalue weighted by Crippen LogP contribution is 2.34. The van der Waals surface area contributed by atoms with Crippen molar-refractivity contribution in [3.63, 3.8) is 0 Å². The molecular weight excluding hydrogens is 559 g/mol. The van der Waals surface area contributed by atoms with Crippen LogP contribution in [0.1, 0.15) is 74.0 Å². The number of benzene rings is 1. The molecule has 0 aliphatic carbocycles. The average Bonchev–Trinajstić information content (AvgIpc) is 3.00. The van der Waals surface area contributed by atoms with Gasteiger partial charge in [-0.2, -0.15) is 8.42 Å². The Bertz CT molecular complexity index is 1500. The molecule has 2 heterocycles. The number of rotatable bonds is 7. The zero-order valence-corrected chi connectivity index (χ0v) is 25.3. The predicted octanol–water partition coefficient (Wildman–Crippen LogP) is 3.07. The Balaban J connectivity index is 2.16. The summed E-state index contributed by atoms with van der Waals surface area (Å²) in [5, 5.41) is 2.59. The summed E-state index contributed by atoms with van der Waals surface area (Å²) in [7, 11) is -1.29. The molecule has 2 unspecified atom stereocenters. The molecule has 0 saturated carbocycles. The van der Waals surface area contributed by atoms with E-state index in [9.17, 15) is 27.2 Å². The van der Waals surface area contributed by atoms with E-state index in [4.69, 9.17) is 13.7 Å². The van der Waals surface area contributed by atoms with Crippen molar-refractivity contribution in [2.75, 3.05) is 20.4 Å². The van der Waals surface area contributed by atoms with E-state index >= 15 is 0 Å². The van der Waals surface area contributed by atoms with Gasteiger partial charge < -0.3 is 23.9 Å². The van der Waals surface area contributed by atoms with E-state index in [-0.39, 0.29) is 25.3 Å². The lowest BCUT2D eigenvalue weighted by Crippen LogP contribution is -2.41. The molecule has 41 heavy (non-hydrogen) atoms. The van der Waals surface area contributed by atoms with Gasteiger partial charge in [0.25, 0.3) is 11.5 Å². The summed E-state index contributed by atoms with van der Waals surface area (Å²) in [6.07, 6.45) is 0.731. The van der Waals surface area contributed by atoms with Crippen LogP contribution >= 0.6 is 0 Å². The first-order valence-corrected chi connectivity index (χ1v) is 14.7. The van der Waals surface area contributed by atoms with Crippen LogP contribution in [0.15, 0.2) is 23.0 Å². The highest BCUT2D eigenvalue weighted by Gasteiger charge is 2.39. The van der Waals surface area contributed by atoms with Crippen LogP contribution in [0, 0.1) is 12.7 Å². The van der Waals surface area contributed by atoms with E-state index in [2.05, 4.69) is 10.3 Å². The zero-order valence-electron chi connectivity index (χ0n) is 24.5. The molecule has 2 atom stereocenters. The van der Waals surface area contributed by atoms with Crippen molar-refractivity contribution in [2.45, 2.75) is 77.8 Å². The maximum absolute atomic E-state index is 13.8. The summed E-state index contributed by atoms with van der Waals surface area (Å²) in [6, 6.07) is 3.44. The minimum atomic E-state index is -4.26. The number of amides is 2. The summed E-state index contributed by atoms with van der Waals surface area (Å²) in [5.41, 5.74) is -2.27. The van der Waals surface area contributed by atoms with E-state index in [1.54, 1.807) is 40.7 Å². The van der Waals surface area contributed by atoms with E-state index < -0.39 is 62.2 Å². The molecule has 1 aliphatic rings. The Hall–Kier alpha value is -3.52. The number of hydrogen-bond donors (Lipinski definition) is 1. The first-order valence-electron chi connectivity index (χ1n) is 12.9. The van der Waals surface area contributed by atoms with E-state index in [0.29, 0.717) is 17.5 Å². The van der Waals surface area contributed by atoms with Gasteiger partial charge >= 0.3 is 16.2 Å². The summed E-state index contributed by atoms with van der Waals surface area (Å²) in [5.74, 6) is -2.06. The van der Waals surface area contributed by atoms with Crippen molar-refractivity contribution in [1.29, 1.82) is 0 Å². The van der Waals surface area contributed by atoms with E-state index in [0.717, 1.165) is 6.26 Å². The highest BCUT2D eigenvalue weighted by molar-refractivity contribution is 7.86. The van der Waals surface area contributed by atoms with Gasteiger partial charge in [-0.15, -0.1) is 0 Å². The number of methoxy groups -OCH3 is 1. The molecule has 0 radical (unpaired) electrons. The molecule has 226 valence electrons. The van der Waals surface area contributed by atoms with Crippen molar-refractivity contribution in [1.82, 2.24) is 19.8 Å². The Kier molecular flexibility index (Phi) is 9.18. The number of aryl methyl sites for hydroxylation is 1. The Morgan fingerprint density at radius 1 is 1.29 bits per heavy atom. The van der Waals surface area contributed by atoms with Crippen LogP contribution in [0.25, 0.3) is 0 Å². The van der Waals surface area contributed by atoms with Crippen LogP contribution in [0.2, 0.25) is 0 Å². The van der Waals surface area contributed by atoms with Gasteiger partial charge in [-0.25, -0.2) is 14.2 Å². The van der Waals surface area contributed by atoms with Crippen LogP contribution < -0.4 is 15.1 Å². The Morgan fingerprint density at radius 3 is 2.51 bits per heavy atom. The number of halogens is 1. The molecule has 0 fully saturated rings. The second-order valence-electron chi connectivity index (χ2n) is 11.4. The van der Waals surface area contributed by atoms with Gasteiger partial charge in [0.05, 0.1) is 24.4 Å². The molecule has 0 bridgehead atoms. The van der Waals surface area contributed by atoms with Crippen molar-refractivity contribution < 1.29 is 36.1 Å². The quantitative estimate of drug-likeness (QED) is 0.477. The third-order valence-electron chi connectivity index (χ3n) is 6.66. The van der Waals surface area contributed by atoms with Crippen molar-refractivity contribution in [2.24, 2.45) is 0 Å². The van der Waals surface area contributed by atoms with Gasteiger partial charge in [0.1, 0.15) is 17.2 Å². The van der Waals surface area contributed by atoms with Crippen molar-refractivity contribution in [3.8, 4) is 5.75 Å². The molecule has 14 heteroatoms. The van der Waals surface area contributed by atoms with Gasteiger partial charge in [-0.3, -0.25) is 14.2 Å². The largest absolute Gasteiger partial charge is 0.444 e. The third-order valence-corrected chi connectivity index (χ3v) is 7.13. The predicted molar refractivity (Wildman–Crippen MR) is 148 cm³/mol. The van der Waals surface area contributed by atoms with E-state index in [1.165, 1.54) is 35.8 Å². The topological polar surface area (TPSA) is 146 Å². The Morgan fingerprint density at radius 2 is 1.95 bits per heavy atom. The number of nitrogens with one attached hydrogen (secondary N) is 1. The van der Waals surface area contributed by atoms with Crippen molar-refractivity contribution in [3.05, 3.63) is 57.0 Å². The monoisotopic (exact) mass is 596 g/mol. The maximum Gasteiger partial charge on any atom is 0.410 e. The summed E-state index contributed by atoms with van der Waals surface area (Å²) in [4.78, 5) is 45.9.